The summed E-state index contributed by atoms with van der Waals surface area (Å²) in [6, 6.07) is 0. The second-order valence-electron chi connectivity index (χ2n) is 4.17. The Hall–Kier alpha value is -1.85. The summed E-state index contributed by atoms with van der Waals surface area (Å²) < 4.78 is 0. The average molecular weight is 220 g/mol. The molecule has 0 atom stereocenters. The summed E-state index contributed by atoms with van der Waals surface area (Å²) >= 11 is 0. The van der Waals surface area contributed by atoms with E-state index in [-0.39, 0.29) is 5.95 Å². The second kappa shape index (κ2) is 4.34. The topological polar surface area (TPSA) is 92.5 Å². The lowest BCUT2D eigenvalue weighted by Crippen LogP contribution is -2.08. The third-order valence-electron chi connectivity index (χ3n) is 2.34. The Kier molecular flexibility index (Phi) is 2.89. The van der Waals surface area contributed by atoms with Crippen molar-refractivity contribution in [2.24, 2.45) is 5.92 Å². The average Bonchev–Trinajstić information content (AvgIpc) is 2.64. The van der Waals surface area contributed by atoms with Gasteiger partial charge in [-0.3, -0.25) is 5.10 Å². The van der Waals surface area contributed by atoms with E-state index in [0.717, 1.165) is 24.2 Å². The second-order valence-corrected chi connectivity index (χ2v) is 4.17. The fourth-order valence-electron chi connectivity index (χ4n) is 1.47. The van der Waals surface area contributed by atoms with Crippen LogP contribution in [-0.2, 0) is 0 Å². The quantitative estimate of drug-likeness (QED) is 0.724. The summed E-state index contributed by atoms with van der Waals surface area (Å²) in [5.74, 6) is 1.66. The first-order chi connectivity index (χ1) is 7.66. The first-order valence-corrected chi connectivity index (χ1v) is 5.37. The molecule has 2 aromatic rings. The van der Waals surface area contributed by atoms with Crippen LogP contribution < -0.4 is 11.1 Å². The van der Waals surface area contributed by atoms with E-state index in [2.05, 4.69) is 39.3 Å². The van der Waals surface area contributed by atoms with Crippen LogP contribution in [0.15, 0.2) is 6.20 Å². The van der Waals surface area contributed by atoms with Crippen molar-refractivity contribution in [1.82, 2.24) is 20.2 Å². The van der Waals surface area contributed by atoms with Gasteiger partial charge in [-0.2, -0.15) is 15.1 Å². The van der Waals surface area contributed by atoms with Gasteiger partial charge in [0.1, 0.15) is 5.82 Å². The fourth-order valence-corrected chi connectivity index (χ4v) is 1.47. The van der Waals surface area contributed by atoms with Crippen LogP contribution in [0.2, 0.25) is 0 Å². The number of hydrogen-bond acceptors (Lipinski definition) is 5. The van der Waals surface area contributed by atoms with Crippen molar-refractivity contribution in [1.29, 1.82) is 0 Å². The molecule has 0 aliphatic rings. The Bertz CT molecular complexity index is 475. The monoisotopic (exact) mass is 220 g/mol. The minimum absolute atomic E-state index is 0.254. The molecular weight excluding hydrogens is 204 g/mol. The highest BCUT2D eigenvalue weighted by Crippen LogP contribution is 2.18. The van der Waals surface area contributed by atoms with Crippen LogP contribution in [0.25, 0.3) is 11.0 Å². The Labute approximate surface area is 93.7 Å². The Morgan fingerprint density at radius 1 is 1.44 bits per heavy atom. The summed E-state index contributed by atoms with van der Waals surface area (Å²) in [6.45, 7) is 5.24. The first-order valence-electron chi connectivity index (χ1n) is 5.37. The maximum Gasteiger partial charge on any atom is 0.224 e. The molecule has 2 aromatic heterocycles. The molecule has 0 unspecified atom stereocenters. The van der Waals surface area contributed by atoms with E-state index in [1.807, 2.05) is 0 Å². The van der Waals surface area contributed by atoms with E-state index in [4.69, 9.17) is 5.73 Å². The van der Waals surface area contributed by atoms with Gasteiger partial charge in [0, 0.05) is 6.54 Å². The summed E-state index contributed by atoms with van der Waals surface area (Å²) in [4.78, 5) is 8.21. The Morgan fingerprint density at radius 2 is 2.25 bits per heavy atom. The minimum Gasteiger partial charge on any atom is -0.369 e. The van der Waals surface area contributed by atoms with Crippen molar-refractivity contribution in [2.75, 3.05) is 17.6 Å². The van der Waals surface area contributed by atoms with Crippen LogP contribution in [0.5, 0.6) is 0 Å². The molecule has 0 amide bonds. The summed E-state index contributed by atoms with van der Waals surface area (Å²) in [5, 5.41) is 10.8. The highest BCUT2D eigenvalue weighted by molar-refractivity contribution is 5.86. The third kappa shape index (κ3) is 2.21. The van der Waals surface area contributed by atoms with Crippen LogP contribution >= 0.6 is 0 Å². The van der Waals surface area contributed by atoms with Crippen molar-refractivity contribution < 1.29 is 0 Å². The number of H-pyrrole nitrogens is 1. The third-order valence-corrected chi connectivity index (χ3v) is 2.34. The van der Waals surface area contributed by atoms with Gasteiger partial charge in [0.25, 0.3) is 0 Å². The number of anilines is 2. The van der Waals surface area contributed by atoms with Crippen molar-refractivity contribution in [3.8, 4) is 0 Å². The van der Waals surface area contributed by atoms with Gasteiger partial charge in [-0.1, -0.05) is 13.8 Å². The number of nitrogens with one attached hydrogen (secondary N) is 2. The molecule has 0 aromatic carbocycles. The molecule has 2 rings (SSSR count). The minimum atomic E-state index is 0.254. The van der Waals surface area contributed by atoms with E-state index in [1.54, 1.807) is 6.20 Å². The van der Waals surface area contributed by atoms with Gasteiger partial charge in [0.15, 0.2) is 5.65 Å². The molecule has 0 radical (unpaired) electrons. The summed E-state index contributed by atoms with van der Waals surface area (Å²) in [7, 11) is 0. The number of rotatable bonds is 4. The molecule has 0 saturated carbocycles. The lowest BCUT2D eigenvalue weighted by atomic mass is 10.1. The highest BCUT2D eigenvalue weighted by Gasteiger charge is 2.07. The van der Waals surface area contributed by atoms with E-state index < -0.39 is 0 Å². The zero-order chi connectivity index (χ0) is 11.5. The summed E-state index contributed by atoms with van der Waals surface area (Å²) in [6.07, 6.45) is 2.79. The fraction of sp³-hybridized carbons (Fsp3) is 0.500. The number of fused-ring (bicyclic) bond motifs is 1. The molecular formula is C10H16N6. The number of aromatic amines is 1. The largest absolute Gasteiger partial charge is 0.369 e. The predicted molar refractivity (Wildman–Crippen MR) is 64.0 cm³/mol. The van der Waals surface area contributed by atoms with Crippen LogP contribution in [0, 0.1) is 5.92 Å². The van der Waals surface area contributed by atoms with Crippen molar-refractivity contribution >= 4 is 22.8 Å². The summed E-state index contributed by atoms with van der Waals surface area (Å²) in [5.41, 5.74) is 6.27. The van der Waals surface area contributed by atoms with E-state index in [9.17, 15) is 0 Å². The molecule has 0 aliphatic heterocycles. The Balaban J connectivity index is 2.19. The number of nitrogens with two attached hydrogens (primary N) is 1. The maximum atomic E-state index is 5.61. The molecule has 0 fully saturated rings. The molecule has 0 aliphatic carbocycles. The Morgan fingerprint density at radius 3 is 3.00 bits per heavy atom. The molecule has 16 heavy (non-hydrogen) atoms. The SMILES string of the molecule is CC(C)CCNc1nc(N)nc2[nH]ncc12. The number of nitrogen functional groups attached to an aromatic ring is 1. The molecule has 4 N–H and O–H groups in total. The predicted octanol–water partition coefficient (Wildman–Crippen LogP) is 1.39. The molecule has 0 saturated heterocycles. The maximum absolute atomic E-state index is 5.61. The van der Waals surface area contributed by atoms with Crippen LogP contribution in [0.1, 0.15) is 20.3 Å². The lowest BCUT2D eigenvalue weighted by molar-refractivity contribution is 0.607. The van der Waals surface area contributed by atoms with E-state index in [1.165, 1.54) is 0 Å². The smallest absolute Gasteiger partial charge is 0.224 e. The normalized spacial score (nSPS) is 11.2. The highest BCUT2D eigenvalue weighted by atomic mass is 15.2. The van der Waals surface area contributed by atoms with Gasteiger partial charge in [0.2, 0.25) is 5.95 Å². The molecule has 6 nitrogen and oxygen atoms in total. The van der Waals surface area contributed by atoms with Gasteiger partial charge < -0.3 is 11.1 Å². The zero-order valence-corrected chi connectivity index (χ0v) is 9.49. The van der Waals surface area contributed by atoms with Crippen molar-refractivity contribution in [3.63, 3.8) is 0 Å². The first kappa shape index (κ1) is 10.7. The standard InChI is InChI=1S/C10H16N6/c1-6(2)3-4-12-8-7-5-13-16-9(7)15-10(11)14-8/h5-6H,3-4H2,1-2H3,(H4,11,12,13,14,15,16). The van der Waals surface area contributed by atoms with Gasteiger partial charge in [-0.15, -0.1) is 0 Å². The lowest BCUT2D eigenvalue weighted by Gasteiger charge is -2.08. The zero-order valence-electron chi connectivity index (χ0n) is 9.49. The number of hydrogen-bond donors (Lipinski definition) is 3. The van der Waals surface area contributed by atoms with E-state index in [0.29, 0.717) is 11.6 Å². The van der Waals surface area contributed by atoms with E-state index >= 15 is 0 Å². The molecule has 0 spiro atoms. The van der Waals surface area contributed by atoms with Crippen molar-refractivity contribution in [3.05, 3.63) is 6.20 Å². The molecule has 2 heterocycles. The van der Waals surface area contributed by atoms with Gasteiger partial charge in [-0.05, 0) is 12.3 Å². The van der Waals surface area contributed by atoms with Crippen LogP contribution in [0.3, 0.4) is 0 Å². The number of nitrogens with zero attached hydrogens (tertiary/aromatic N) is 3. The van der Waals surface area contributed by atoms with Gasteiger partial charge >= 0.3 is 0 Å². The van der Waals surface area contributed by atoms with Gasteiger partial charge in [0.05, 0.1) is 11.6 Å². The van der Waals surface area contributed by atoms with Crippen LogP contribution in [-0.4, -0.2) is 26.7 Å². The number of aromatic nitrogens is 4. The van der Waals surface area contributed by atoms with Crippen molar-refractivity contribution in [2.45, 2.75) is 20.3 Å². The van der Waals surface area contributed by atoms with Gasteiger partial charge in [-0.25, -0.2) is 0 Å². The molecule has 6 heteroatoms. The van der Waals surface area contributed by atoms with Crippen LogP contribution in [0.4, 0.5) is 11.8 Å². The molecule has 0 bridgehead atoms. The molecule has 86 valence electrons.